The van der Waals surface area contributed by atoms with Crippen LogP contribution >= 0.6 is 22.6 Å². The Hall–Kier alpha value is -0.250. The first-order valence-electron chi connectivity index (χ1n) is 9.42. The van der Waals surface area contributed by atoms with Gasteiger partial charge < -0.3 is 23.7 Å². The Balaban J connectivity index is 1.68. The average molecular weight is 480 g/mol. The summed E-state index contributed by atoms with van der Waals surface area (Å²) < 4.78 is 28.6. The van der Waals surface area contributed by atoms with E-state index in [0.717, 1.165) is 13.0 Å². The summed E-state index contributed by atoms with van der Waals surface area (Å²) in [7, 11) is 0. The van der Waals surface area contributed by atoms with E-state index in [1.54, 1.807) is 0 Å². The number of hydrogen-bond donors (Lipinski definition) is 0. The minimum atomic E-state index is 0.578. The maximum Gasteiger partial charge on any atom is 0.0718 e. The van der Waals surface area contributed by atoms with Crippen LogP contribution in [-0.2, 0) is 30.3 Å². The van der Waals surface area contributed by atoms with Crippen LogP contribution < -0.4 is 0 Å². The van der Waals surface area contributed by atoms with Crippen molar-refractivity contribution in [2.45, 2.75) is 25.9 Å². The fourth-order valence-corrected chi connectivity index (χ4v) is 2.66. The number of halogens is 1. The van der Waals surface area contributed by atoms with E-state index in [4.69, 9.17) is 23.7 Å². The molecule has 150 valence electrons. The highest BCUT2D eigenvalue weighted by molar-refractivity contribution is 14.1. The molecule has 0 fully saturated rings. The van der Waals surface area contributed by atoms with Crippen LogP contribution in [0.4, 0.5) is 0 Å². The van der Waals surface area contributed by atoms with Gasteiger partial charge in [0, 0.05) is 6.61 Å². The fraction of sp³-hybridized carbons (Fsp3) is 0.700. The monoisotopic (exact) mass is 480 g/mol. The third-order valence-corrected chi connectivity index (χ3v) is 4.28. The summed E-state index contributed by atoms with van der Waals surface area (Å²) in [5, 5.41) is 0. The lowest BCUT2D eigenvalue weighted by molar-refractivity contribution is -0.0126. The third kappa shape index (κ3) is 16.0. The molecule has 0 bridgehead atoms. The normalized spacial score (nSPS) is 11.1. The second-order valence-corrected chi connectivity index (χ2v) is 6.82. The lowest BCUT2D eigenvalue weighted by Crippen LogP contribution is -2.13. The Labute approximate surface area is 171 Å². The van der Waals surface area contributed by atoms with Crippen molar-refractivity contribution < 1.29 is 23.7 Å². The minimum absolute atomic E-state index is 0.578. The summed E-state index contributed by atoms with van der Waals surface area (Å²) in [6.45, 7) is 6.27. The molecular weight excluding hydrogens is 447 g/mol. The Kier molecular flexibility index (Phi) is 17.9. The topological polar surface area (TPSA) is 46.2 Å². The summed E-state index contributed by atoms with van der Waals surface area (Å²) in [5.74, 6) is 0. The summed E-state index contributed by atoms with van der Waals surface area (Å²) in [5.41, 5.74) is 1.18. The van der Waals surface area contributed by atoms with E-state index >= 15 is 0 Å². The summed E-state index contributed by atoms with van der Waals surface area (Å²) in [4.78, 5) is 0. The number of alkyl halides is 1. The van der Waals surface area contributed by atoms with Crippen molar-refractivity contribution in [3.05, 3.63) is 35.9 Å². The molecule has 6 heteroatoms. The predicted octanol–water partition coefficient (Wildman–Crippen LogP) is 3.87. The molecule has 0 aliphatic carbocycles. The second kappa shape index (κ2) is 19.5. The molecule has 0 N–H and O–H groups in total. The first-order chi connectivity index (χ1) is 12.9. The van der Waals surface area contributed by atoms with Gasteiger partial charge in [-0.15, -0.1) is 0 Å². The van der Waals surface area contributed by atoms with E-state index in [2.05, 4.69) is 34.7 Å². The van der Waals surface area contributed by atoms with Crippen LogP contribution in [0.15, 0.2) is 30.3 Å². The maximum atomic E-state index is 5.54. The van der Waals surface area contributed by atoms with Crippen molar-refractivity contribution >= 4 is 22.6 Å². The van der Waals surface area contributed by atoms with Gasteiger partial charge >= 0.3 is 0 Å². The van der Waals surface area contributed by atoms with Crippen molar-refractivity contribution in [3.8, 4) is 0 Å². The van der Waals surface area contributed by atoms with Gasteiger partial charge in [-0.1, -0.05) is 59.3 Å². The van der Waals surface area contributed by atoms with Gasteiger partial charge in [0.2, 0.25) is 0 Å². The van der Waals surface area contributed by atoms with E-state index in [9.17, 15) is 0 Å². The quantitative estimate of drug-likeness (QED) is 0.171. The van der Waals surface area contributed by atoms with Crippen LogP contribution in [0.25, 0.3) is 0 Å². The largest absolute Gasteiger partial charge is 0.379 e. The molecule has 1 rings (SSSR count). The first kappa shape index (κ1) is 23.8. The van der Waals surface area contributed by atoms with Gasteiger partial charge in [0.1, 0.15) is 0 Å². The number of ether oxygens (including phenoxy) is 5. The molecule has 1 aromatic rings. The molecule has 0 aromatic heterocycles. The molecule has 26 heavy (non-hydrogen) atoms. The van der Waals surface area contributed by atoms with Crippen molar-refractivity contribution in [1.29, 1.82) is 0 Å². The average Bonchev–Trinajstić information content (AvgIpc) is 2.68. The molecule has 0 saturated heterocycles. The highest BCUT2D eigenvalue weighted by atomic mass is 127. The van der Waals surface area contributed by atoms with Crippen molar-refractivity contribution in [3.63, 3.8) is 0 Å². The van der Waals surface area contributed by atoms with Crippen LogP contribution in [0.3, 0.4) is 0 Å². The number of hydrogen-bond acceptors (Lipinski definition) is 5. The SMILES string of the molecule is ICCCCCOCCOCCOCCOCCOCc1ccccc1. The molecule has 1 aromatic carbocycles. The third-order valence-electron chi connectivity index (χ3n) is 3.52. The van der Waals surface area contributed by atoms with Crippen LogP contribution in [0.1, 0.15) is 24.8 Å². The van der Waals surface area contributed by atoms with Gasteiger partial charge in [-0.05, 0) is 22.8 Å². The van der Waals surface area contributed by atoms with Crippen LogP contribution in [-0.4, -0.2) is 63.9 Å². The van der Waals surface area contributed by atoms with Crippen molar-refractivity contribution in [2.24, 2.45) is 0 Å². The summed E-state index contributed by atoms with van der Waals surface area (Å²) in [6, 6.07) is 10.1. The fourth-order valence-electron chi connectivity index (χ4n) is 2.12. The summed E-state index contributed by atoms with van der Waals surface area (Å²) >= 11 is 2.41. The second-order valence-electron chi connectivity index (χ2n) is 5.74. The van der Waals surface area contributed by atoms with Crippen molar-refractivity contribution in [1.82, 2.24) is 0 Å². The van der Waals surface area contributed by atoms with Crippen LogP contribution in [0, 0.1) is 0 Å². The molecule has 0 spiro atoms. The van der Waals surface area contributed by atoms with Crippen molar-refractivity contribution in [2.75, 3.05) is 63.9 Å². The van der Waals surface area contributed by atoms with Gasteiger partial charge in [-0.2, -0.15) is 0 Å². The molecule has 0 heterocycles. The van der Waals surface area contributed by atoms with E-state index in [0.29, 0.717) is 59.5 Å². The standard InChI is InChI=1S/C20H33IO5/c21-9-5-2-6-10-22-11-12-23-13-14-24-15-16-25-17-18-26-19-20-7-3-1-4-8-20/h1,3-4,7-8H,2,5-6,9-19H2. The molecule has 0 amide bonds. The Bertz CT molecular complexity index is 391. The highest BCUT2D eigenvalue weighted by Gasteiger charge is 1.95. The molecule has 0 saturated carbocycles. The summed E-state index contributed by atoms with van der Waals surface area (Å²) in [6.07, 6.45) is 3.67. The van der Waals surface area contributed by atoms with E-state index in [-0.39, 0.29) is 0 Å². The number of rotatable bonds is 19. The first-order valence-corrected chi connectivity index (χ1v) is 10.9. The molecular formula is C20H33IO5. The molecule has 0 radical (unpaired) electrons. The minimum Gasteiger partial charge on any atom is -0.379 e. The molecule has 0 atom stereocenters. The number of benzene rings is 1. The predicted molar refractivity (Wildman–Crippen MR) is 112 cm³/mol. The number of unbranched alkanes of at least 4 members (excludes halogenated alkanes) is 2. The Morgan fingerprint density at radius 1 is 0.538 bits per heavy atom. The lowest BCUT2D eigenvalue weighted by Gasteiger charge is -2.08. The molecule has 5 nitrogen and oxygen atoms in total. The van der Waals surface area contributed by atoms with Crippen LogP contribution in [0.5, 0.6) is 0 Å². The van der Waals surface area contributed by atoms with Gasteiger partial charge in [-0.25, -0.2) is 0 Å². The van der Waals surface area contributed by atoms with E-state index in [1.807, 2.05) is 18.2 Å². The van der Waals surface area contributed by atoms with Crippen LogP contribution in [0.2, 0.25) is 0 Å². The zero-order valence-electron chi connectivity index (χ0n) is 15.7. The van der Waals surface area contributed by atoms with E-state index in [1.165, 1.54) is 22.8 Å². The molecule has 0 aliphatic heterocycles. The van der Waals surface area contributed by atoms with Gasteiger partial charge in [-0.3, -0.25) is 0 Å². The zero-order valence-corrected chi connectivity index (χ0v) is 17.9. The smallest absolute Gasteiger partial charge is 0.0718 e. The Morgan fingerprint density at radius 3 is 1.58 bits per heavy atom. The lowest BCUT2D eigenvalue weighted by atomic mass is 10.2. The Morgan fingerprint density at radius 2 is 1.04 bits per heavy atom. The van der Waals surface area contributed by atoms with E-state index < -0.39 is 0 Å². The molecule has 0 unspecified atom stereocenters. The van der Waals surface area contributed by atoms with Gasteiger partial charge in [0.15, 0.2) is 0 Å². The zero-order chi connectivity index (χ0) is 18.5. The maximum absolute atomic E-state index is 5.54. The van der Waals surface area contributed by atoms with Gasteiger partial charge in [0.05, 0.1) is 59.5 Å². The van der Waals surface area contributed by atoms with Gasteiger partial charge in [0.25, 0.3) is 0 Å². The highest BCUT2D eigenvalue weighted by Crippen LogP contribution is 2.00. The molecule has 0 aliphatic rings.